The van der Waals surface area contributed by atoms with Crippen molar-refractivity contribution < 1.29 is 13.2 Å². The number of hydrogen-bond acceptors (Lipinski definition) is 2. The topological polar surface area (TPSA) is 16.1 Å². The monoisotopic (exact) mass is 292 g/mol. The fourth-order valence-corrected chi connectivity index (χ4v) is 3.01. The quantitative estimate of drug-likeness (QED) is 0.763. The van der Waals surface area contributed by atoms with Gasteiger partial charge in [0.05, 0.1) is 10.9 Å². The Labute approximate surface area is 115 Å². The summed E-state index contributed by atoms with van der Waals surface area (Å²) in [6, 6.07) is 2.27. The average Bonchev–Trinajstić information content (AvgIpc) is 2.37. The van der Waals surface area contributed by atoms with Crippen LogP contribution in [0.3, 0.4) is 0 Å². The summed E-state index contributed by atoms with van der Waals surface area (Å²) in [5, 5.41) is -0.123. The van der Waals surface area contributed by atoms with Crippen LogP contribution in [0.1, 0.15) is 31.2 Å². The van der Waals surface area contributed by atoms with Crippen LogP contribution in [0.25, 0.3) is 0 Å². The van der Waals surface area contributed by atoms with Crippen LogP contribution in [0, 0.1) is 0 Å². The molecule has 1 saturated carbocycles. The van der Waals surface area contributed by atoms with Gasteiger partial charge in [-0.1, -0.05) is 12.8 Å². The molecule has 0 spiro atoms. The van der Waals surface area contributed by atoms with E-state index in [1.165, 1.54) is 12.3 Å². The fourth-order valence-electron chi connectivity index (χ4n) is 2.56. The second-order valence-electron chi connectivity index (χ2n) is 4.85. The maximum atomic E-state index is 13.0. The maximum absolute atomic E-state index is 13.0. The molecule has 1 aromatic heterocycles. The van der Waals surface area contributed by atoms with Crippen molar-refractivity contribution in [1.82, 2.24) is 4.98 Å². The molecule has 106 valence electrons. The van der Waals surface area contributed by atoms with Gasteiger partial charge < -0.3 is 4.90 Å². The Bertz CT molecular complexity index is 436. The molecule has 0 radical (unpaired) electrons. The molecular formula is C13H16ClF3N2. The van der Waals surface area contributed by atoms with Crippen molar-refractivity contribution in [3.8, 4) is 0 Å². The molecule has 1 heterocycles. The normalized spacial score (nSPS) is 24.3. The summed E-state index contributed by atoms with van der Waals surface area (Å²) in [5.74, 6) is -0.0347. The first kappa shape index (κ1) is 14.4. The molecule has 0 saturated heterocycles. The molecule has 0 aromatic carbocycles. The molecule has 6 heteroatoms. The Hall–Kier alpha value is -0.970. The number of rotatable bonds is 2. The highest BCUT2D eigenvalue weighted by atomic mass is 35.5. The van der Waals surface area contributed by atoms with Gasteiger partial charge in [0.1, 0.15) is 5.82 Å². The fraction of sp³-hybridized carbons (Fsp3) is 0.615. The number of halogens is 4. The molecule has 0 bridgehead atoms. The zero-order valence-electron chi connectivity index (χ0n) is 10.6. The second kappa shape index (κ2) is 5.57. The van der Waals surface area contributed by atoms with Gasteiger partial charge in [0.15, 0.2) is 0 Å². The lowest BCUT2D eigenvalue weighted by Crippen LogP contribution is -2.42. The zero-order valence-corrected chi connectivity index (χ0v) is 11.4. The Morgan fingerprint density at radius 2 is 2.00 bits per heavy atom. The summed E-state index contributed by atoms with van der Waals surface area (Å²) in [4.78, 5) is 5.48. The minimum absolute atomic E-state index is 0.0347. The van der Waals surface area contributed by atoms with Crippen LogP contribution in [-0.2, 0) is 6.18 Å². The number of alkyl halides is 4. The lowest BCUT2D eigenvalue weighted by Gasteiger charge is -2.36. The van der Waals surface area contributed by atoms with Crippen molar-refractivity contribution in [3.63, 3.8) is 0 Å². The number of anilines is 1. The average molecular weight is 293 g/mol. The van der Waals surface area contributed by atoms with Crippen molar-refractivity contribution >= 4 is 17.4 Å². The van der Waals surface area contributed by atoms with E-state index < -0.39 is 11.7 Å². The van der Waals surface area contributed by atoms with Gasteiger partial charge in [-0.3, -0.25) is 0 Å². The van der Waals surface area contributed by atoms with Crippen LogP contribution in [-0.4, -0.2) is 23.5 Å². The molecule has 0 amide bonds. The maximum Gasteiger partial charge on any atom is 0.419 e. The third kappa shape index (κ3) is 3.14. The summed E-state index contributed by atoms with van der Waals surface area (Å²) >= 11 is 6.24. The molecule has 0 aliphatic heterocycles. The Morgan fingerprint density at radius 3 is 2.63 bits per heavy atom. The predicted octanol–water partition coefficient (Wildman–Crippen LogP) is 4.09. The number of pyridine rings is 1. The van der Waals surface area contributed by atoms with Crippen LogP contribution >= 0.6 is 11.6 Å². The number of hydrogen-bond donors (Lipinski definition) is 0. The molecule has 2 nitrogen and oxygen atoms in total. The van der Waals surface area contributed by atoms with Gasteiger partial charge in [-0.2, -0.15) is 13.2 Å². The van der Waals surface area contributed by atoms with E-state index in [0.29, 0.717) is 0 Å². The van der Waals surface area contributed by atoms with E-state index in [0.717, 1.165) is 31.7 Å². The highest BCUT2D eigenvalue weighted by molar-refractivity contribution is 6.21. The van der Waals surface area contributed by atoms with Gasteiger partial charge >= 0.3 is 6.18 Å². The molecule has 0 N–H and O–H groups in total. The van der Waals surface area contributed by atoms with Crippen molar-refractivity contribution in [3.05, 3.63) is 23.9 Å². The molecule has 2 unspecified atom stereocenters. The Morgan fingerprint density at radius 1 is 1.32 bits per heavy atom. The second-order valence-corrected chi connectivity index (χ2v) is 5.41. The molecule has 2 atom stereocenters. The van der Waals surface area contributed by atoms with Crippen molar-refractivity contribution in [2.75, 3.05) is 11.9 Å². The van der Waals surface area contributed by atoms with E-state index >= 15 is 0 Å². The summed E-state index contributed by atoms with van der Waals surface area (Å²) in [6.07, 6.45) is 0.657. The van der Waals surface area contributed by atoms with Crippen molar-refractivity contribution in [2.24, 2.45) is 0 Å². The van der Waals surface area contributed by atoms with Gasteiger partial charge in [-0.25, -0.2) is 4.98 Å². The predicted molar refractivity (Wildman–Crippen MR) is 69.5 cm³/mol. The van der Waals surface area contributed by atoms with Crippen LogP contribution in [0.15, 0.2) is 18.3 Å². The first-order chi connectivity index (χ1) is 8.91. The highest BCUT2D eigenvalue weighted by Crippen LogP contribution is 2.37. The standard InChI is InChI=1S/C13H16ClF3N2/c1-19(11-7-3-2-6-10(11)14)12-9(13(15,16)17)5-4-8-18-12/h4-5,8,10-11H,2-3,6-7H2,1H3. The summed E-state index contributed by atoms with van der Waals surface area (Å²) < 4.78 is 38.9. The SMILES string of the molecule is CN(c1ncccc1C(F)(F)F)C1CCCCC1Cl. The van der Waals surface area contributed by atoms with E-state index in [1.54, 1.807) is 11.9 Å². The third-order valence-electron chi connectivity index (χ3n) is 3.57. The van der Waals surface area contributed by atoms with Gasteiger partial charge in [0.2, 0.25) is 0 Å². The molecule has 1 aliphatic carbocycles. The van der Waals surface area contributed by atoms with Crippen LogP contribution in [0.4, 0.5) is 19.0 Å². The summed E-state index contributed by atoms with van der Waals surface area (Å²) in [7, 11) is 1.64. The third-order valence-corrected chi connectivity index (χ3v) is 4.08. The van der Waals surface area contributed by atoms with E-state index in [2.05, 4.69) is 4.98 Å². The molecule has 1 fully saturated rings. The van der Waals surface area contributed by atoms with Gasteiger partial charge in [-0.05, 0) is 25.0 Å². The van der Waals surface area contributed by atoms with Gasteiger partial charge in [0.25, 0.3) is 0 Å². The first-order valence-corrected chi connectivity index (χ1v) is 6.74. The molecule has 2 rings (SSSR count). The number of aromatic nitrogens is 1. The first-order valence-electron chi connectivity index (χ1n) is 6.30. The van der Waals surface area contributed by atoms with Crippen LogP contribution < -0.4 is 4.90 Å². The van der Waals surface area contributed by atoms with Crippen molar-refractivity contribution in [1.29, 1.82) is 0 Å². The van der Waals surface area contributed by atoms with Crippen molar-refractivity contribution in [2.45, 2.75) is 43.3 Å². The minimum Gasteiger partial charge on any atom is -0.355 e. The highest BCUT2D eigenvalue weighted by Gasteiger charge is 2.37. The Balaban J connectivity index is 2.30. The summed E-state index contributed by atoms with van der Waals surface area (Å²) in [6.45, 7) is 0. The van der Waals surface area contributed by atoms with E-state index in [9.17, 15) is 13.2 Å². The molecule has 1 aromatic rings. The van der Waals surface area contributed by atoms with Crippen LogP contribution in [0.5, 0.6) is 0 Å². The smallest absolute Gasteiger partial charge is 0.355 e. The zero-order chi connectivity index (χ0) is 14.0. The molecular weight excluding hydrogens is 277 g/mol. The van der Waals surface area contributed by atoms with Crippen LogP contribution in [0.2, 0.25) is 0 Å². The van der Waals surface area contributed by atoms with Gasteiger partial charge in [-0.15, -0.1) is 11.6 Å². The lowest BCUT2D eigenvalue weighted by atomic mass is 9.93. The van der Waals surface area contributed by atoms with E-state index in [4.69, 9.17) is 11.6 Å². The van der Waals surface area contributed by atoms with E-state index in [-0.39, 0.29) is 17.2 Å². The minimum atomic E-state index is -4.39. The molecule has 1 aliphatic rings. The largest absolute Gasteiger partial charge is 0.419 e. The number of nitrogens with zero attached hydrogens (tertiary/aromatic N) is 2. The molecule has 19 heavy (non-hydrogen) atoms. The lowest BCUT2D eigenvalue weighted by molar-refractivity contribution is -0.137. The van der Waals surface area contributed by atoms with E-state index in [1.807, 2.05) is 0 Å². The Kier molecular flexibility index (Phi) is 4.23. The van der Waals surface area contributed by atoms with Gasteiger partial charge in [0, 0.05) is 19.3 Å². The summed E-state index contributed by atoms with van der Waals surface area (Å²) in [5.41, 5.74) is -0.702.